The first kappa shape index (κ1) is 19.8. The molecule has 1 N–H and O–H groups in total. The Morgan fingerprint density at radius 2 is 2.17 bits per heavy atom. The van der Waals surface area contributed by atoms with Crippen molar-refractivity contribution in [2.24, 2.45) is 0 Å². The SMILES string of the molecule is Cc1cc(Cl)cc(OC(F)F)c1-n1cc2cnc(N[C@@H]3CCCN(C)C3)nc2n1. The molecule has 0 saturated carbocycles. The van der Waals surface area contributed by atoms with Gasteiger partial charge in [-0.3, -0.25) is 0 Å². The molecule has 0 radical (unpaired) electrons. The fourth-order valence-electron chi connectivity index (χ4n) is 3.65. The largest absolute Gasteiger partial charge is 0.432 e. The van der Waals surface area contributed by atoms with Gasteiger partial charge in [0, 0.05) is 36.1 Å². The molecule has 4 rings (SSSR count). The van der Waals surface area contributed by atoms with Gasteiger partial charge in [0.15, 0.2) is 11.4 Å². The van der Waals surface area contributed by atoms with Gasteiger partial charge in [-0.1, -0.05) is 11.6 Å². The maximum atomic E-state index is 12.9. The third-order valence-corrected chi connectivity index (χ3v) is 5.11. The Kier molecular flexibility index (Phi) is 5.51. The van der Waals surface area contributed by atoms with Crippen LogP contribution in [0.2, 0.25) is 5.02 Å². The summed E-state index contributed by atoms with van der Waals surface area (Å²) in [5, 5.41) is 8.81. The number of halogens is 3. The number of ether oxygens (including phenoxy) is 1. The first-order valence-corrected chi connectivity index (χ1v) is 9.69. The van der Waals surface area contributed by atoms with Gasteiger partial charge in [-0.15, -0.1) is 5.10 Å². The highest BCUT2D eigenvalue weighted by atomic mass is 35.5. The van der Waals surface area contributed by atoms with Crippen molar-refractivity contribution in [2.45, 2.75) is 32.4 Å². The van der Waals surface area contributed by atoms with Crippen molar-refractivity contribution in [3.63, 3.8) is 0 Å². The number of anilines is 1. The number of aromatic nitrogens is 4. The van der Waals surface area contributed by atoms with Gasteiger partial charge >= 0.3 is 6.61 Å². The molecule has 3 aromatic rings. The number of aryl methyl sites for hydroxylation is 1. The number of rotatable bonds is 5. The maximum absolute atomic E-state index is 12.9. The fraction of sp³-hybridized carbons (Fsp3) is 0.421. The Morgan fingerprint density at radius 3 is 2.93 bits per heavy atom. The summed E-state index contributed by atoms with van der Waals surface area (Å²) in [4.78, 5) is 11.1. The number of hydrogen-bond donors (Lipinski definition) is 1. The number of piperidine rings is 1. The summed E-state index contributed by atoms with van der Waals surface area (Å²) >= 11 is 6.01. The zero-order valence-electron chi connectivity index (χ0n) is 16.1. The van der Waals surface area contributed by atoms with Crippen molar-refractivity contribution in [1.29, 1.82) is 0 Å². The van der Waals surface area contributed by atoms with Crippen molar-refractivity contribution >= 4 is 28.6 Å². The van der Waals surface area contributed by atoms with Crippen molar-refractivity contribution in [2.75, 3.05) is 25.5 Å². The lowest BCUT2D eigenvalue weighted by Crippen LogP contribution is -2.40. The Morgan fingerprint density at radius 1 is 1.34 bits per heavy atom. The van der Waals surface area contributed by atoms with E-state index < -0.39 is 6.61 Å². The van der Waals surface area contributed by atoms with E-state index in [0.29, 0.717) is 33.3 Å². The number of nitrogens with one attached hydrogen (secondary N) is 1. The van der Waals surface area contributed by atoms with E-state index in [0.717, 1.165) is 25.9 Å². The van der Waals surface area contributed by atoms with Gasteiger partial charge in [0.2, 0.25) is 5.95 Å². The van der Waals surface area contributed by atoms with Crippen LogP contribution in [0.4, 0.5) is 14.7 Å². The monoisotopic (exact) mass is 422 g/mol. The van der Waals surface area contributed by atoms with Crippen molar-refractivity contribution in [3.05, 3.63) is 35.1 Å². The molecule has 0 aliphatic carbocycles. The highest BCUT2D eigenvalue weighted by Gasteiger charge is 2.19. The van der Waals surface area contributed by atoms with E-state index in [-0.39, 0.29) is 11.8 Å². The lowest BCUT2D eigenvalue weighted by molar-refractivity contribution is -0.0499. The second-order valence-electron chi connectivity index (χ2n) is 7.24. The molecular formula is C19H21ClF2N6O. The summed E-state index contributed by atoms with van der Waals surface area (Å²) in [6.07, 6.45) is 5.52. The predicted molar refractivity (Wildman–Crippen MR) is 107 cm³/mol. The molecule has 1 aliphatic rings. The van der Waals surface area contributed by atoms with E-state index in [1.807, 2.05) is 0 Å². The molecule has 1 fully saturated rings. The number of fused-ring (bicyclic) bond motifs is 1. The molecular weight excluding hydrogens is 402 g/mol. The van der Waals surface area contributed by atoms with Crippen LogP contribution in [-0.2, 0) is 0 Å². The van der Waals surface area contributed by atoms with Gasteiger partial charge in [0.1, 0.15) is 5.69 Å². The van der Waals surface area contributed by atoms with Crippen LogP contribution in [-0.4, -0.2) is 57.4 Å². The lowest BCUT2D eigenvalue weighted by atomic mass is 10.1. The standard InChI is InChI=1S/C19H21ClF2N6O/c1-11-6-13(20)7-15(29-18(21)22)16(11)28-9-12-8-23-19(25-17(12)26-28)24-14-4-3-5-27(2)10-14/h6-9,14,18H,3-5,10H2,1-2H3,(H,24,25,26)/t14-/m1/s1. The van der Waals surface area contributed by atoms with Crippen LogP contribution in [0.25, 0.3) is 16.7 Å². The summed E-state index contributed by atoms with van der Waals surface area (Å²) in [6, 6.07) is 3.29. The first-order chi connectivity index (χ1) is 13.9. The van der Waals surface area contributed by atoms with Gasteiger partial charge in [-0.2, -0.15) is 13.8 Å². The topological polar surface area (TPSA) is 68.1 Å². The average molecular weight is 423 g/mol. The molecule has 3 heterocycles. The number of nitrogens with zero attached hydrogens (tertiary/aromatic N) is 5. The Balaban J connectivity index is 1.66. The lowest BCUT2D eigenvalue weighted by Gasteiger charge is -2.30. The summed E-state index contributed by atoms with van der Waals surface area (Å²) in [5.74, 6) is 0.453. The molecule has 1 aliphatic heterocycles. The minimum Gasteiger partial charge on any atom is -0.432 e. The van der Waals surface area contributed by atoms with Crippen molar-refractivity contribution in [1.82, 2.24) is 24.6 Å². The molecule has 0 bridgehead atoms. The second kappa shape index (κ2) is 8.08. The zero-order chi connectivity index (χ0) is 20.5. The number of hydrogen-bond acceptors (Lipinski definition) is 6. The van der Waals surface area contributed by atoms with Gasteiger partial charge in [0.25, 0.3) is 0 Å². The minimum atomic E-state index is -2.97. The van der Waals surface area contributed by atoms with Gasteiger partial charge in [-0.05, 0) is 45.0 Å². The van der Waals surface area contributed by atoms with E-state index >= 15 is 0 Å². The first-order valence-electron chi connectivity index (χ1n) is 9.32. The Bertz CT molecular complexity index is 1030. The highest BCUT2D eigenvalue weighted by molar-refractivity contribution is 6.30. The van der Waals surface area contributed by atoms with Crippen molar-refractivity contribution in [3.8, 4) is 11.4 Å². The second-order valence-corrected chi connectivity index (χ2v) is 7.68. The summed E-state index contributed by atoms with van der Waals surface area (Å²) < 4.78 is 31.8. The van der Waals surface area contributed by atoms with Crippen LogP contribution in [0.3, 0.4) is 0 Å². The van der Waals surface area contributed by atoms with E-state index in [9.17, 15) is 8.78 Å². The zero-order valence-corrected chi connectivity index (χ0v) is 16.8. The number of alkyl halides is 2. The molecule has 2 aromatic heterocycles. The van der Waals surface area contributed by atoms with Crippen molar-refractivity contribution < 1.29 is 13.5 Å². The maximum Gasteiger partial charge on any atom is 0.387 e. The average Bonchev–Trinajstić information content (AvgIpc) is 3.03. The quantitative estimate of drug-likeness (QED) is 0.673. The molecule has 10 heteroatoms. The van der Waals surface area contributed by atoms with Gasteiger partial charge in [0.05, 0.1) is 5.39 Å². The van der Waals surface area contributed by atoms with Crippen LogP contribution in [0, 0.1) is 6.92 Å². The van der Waals surface area contributed by atoms with E-state index in [2.05, 4.69) is 37.1 Å². The minimum absolute atomic E-state index is 0.0469. The molecule has 0 amide bonds. The molecule has 1 aromatic carbocycles. The summed E-state index contributed by atoms with van der Waals surface area (Å²) in [6.45, 7) is 0.797. The van der Waals surface area contributed by atoms with Crippen LogP contribution < -0.4 is 10.1 Å². The van der Waals surface area contributed by atoms with Gasteiger partial charge in [-0.25, -0.2) is 9.67 Å². The van der Waals surface area contributed by atoms with Gasteiger partial charge < -0.3 is 15.0 Å². The van der Waals surface area contributed by atoms with Crippen LogP contribution >= 0.6 is 11.6 Å². The Hall–Kier alpha value is -2.52. The Labute approximate surface area is 171 Å². The van der Waals surface area contributed by atoms with E-state index in [4.69, 9.17) is 11.6 Å². The molecule has 29 heavy (non-hydrogen) atoms. The third-order valence-electron chi connectivity index (χ3n) is 4.89. The molecule has 0 unspecified atom stereocenters. The molecule has 1 atom stereocenters. The van der Waals surface area contributed by atoms with E-state index in [1.54, 1.807) is 25.4 Å². The van der Waals surface area contributed by atoms with Crippen LogP contribution in [0.5, 0.6) is 5.75 Å². The normalized spacial score (nSPS) is 17.8. The molecule has 1 saturated heterocycles. The molecule has 7 nitrogen and oxygen atoms in total. The third kappa shape index (κ3) is 4.40. The summed E-state index contributed by atoms with van der Waals surface area (Å²) in [5.41, 5.74) is 1.50. The summed E-state index contributed by atoms with van der Waals surface area (Å²) in [7, 11) is 2.09. The number of likely N-dealkylation sites (tertiary alicyclic amines) is 1. The number of benzene rings is 1. The molecule has 154 valence electrons. The van der Waals surface area contributed by atoms with Crippen LogP contribution in [0.1, 0.15) is 18.4 Å². The fourth-order valence-corrected chi connectivity index (χ4v) is 3.91. The number of likely N-dealkylation sites (N-methyl/N-ethyl adjacent to an activating group) is 1. The predicted octanol–water partition coefficient (Wildman–Crippen LogP) is 3.88. The molecule has 0 spiro atoms. The smallest absolute Gasteiger partial charge is 0.387 e. The van der Waals surface area contributed by atoms with Crippen LogP contribution in [0.15, 0.2) is 24.5 Å². The van der Waals surface area contributed by atoms with E-state index in [1.165, 1.54) is 10.7 Å². The highest BCUT2D eigenvalue weighted by Crippen LogP contribution is 2.32.